The molecule has 0 saturated heterocycles. The van der Waals surface area contributed by atoms with Gasteiger partial charge in [-0.1, -0.05) is 351 Å². The largest absolute Gasteiger partial charge is 0.472 e. The Morgan fingerprint density at radius 3 is 0.633 bits per heavy atom. The molecule has 0 aromatic rings. The predicted octanol–water partition coefficient (Wildman–Crippen LogP) is 23.2. The molecule has 0 aliphatic heterocycles. The van der Waals surface area contributed by atoms with Crippen LogP contribution in [0.4, 0.5) is 0 Å². The fourth-order valence-electron chi connectivity index (χ4n) is 12.1. The molecule has 0 aromatic carbocycles. The molecular formula is C79H154O17P2. The van der Waals surface area contributed by atoms with E-state index in [1.807, 2.05) is 0 Å². The van der Waals surface area contributed by atoms with Gasteiger partial charge in [0.05, 0.1) is 26.4 Å². The molecule has 0 aliphatic rings. The molecule has 19 heteroatoms. The van der Waals surface area contributed by atoms with Crippen LogP contribution in [0.2, 0.25) is 0 Å². The fourth-order valence-corrected chi connectivity index (χ4v) is 13.7. The monoisotopic (exact) mass is 1440 g/mol. The lowest BCUT2D eigenvalue weighted by atomic mass is 10.0. The minimum atomic E-state index is -4.96. The summed E-state index contributed by atoms with van der Waals surface area (Å²) in [5.74, 6) is 0.878. The lowest BCUT2D eigenvalue weighted by Crippen LogP contribution is -2.30. The number of hydrogen-bond donors (Lipinski definition) is 3. The smallest absolute Gasteiger partial charge is 0.462 e. The number of unbranched alkanes of at least 4 members (excludes halogenated alkanes) is 42. The quantitative estimate of drug-likeness (QED) is 0.0222. The minimum absolute atomic E-state index is 0.102. The first kappa shape index (κ1) is 96.1. The van der Waals surface area contributed by atoms with Crippen molar-refractivity contribution < 1.29 is 80.2 Å². The Bertz CT molecular complexity index is 1920. The van der Waals surface area contributed by atoms with E-state index in [4.69, 9.17) is 37.0 Å². The van der Waals surface area contributed by atoms with Gasteiger partial charge < -0.3 is 33.8 Å². The molecule has 5 atom stereocenters. The molecule has 0 aromatic heterocycles. The van der Waals surface area contributed by atoms with Crippen molar-refractivity contribution in [3.8, 4) is 0 Å². The van der Waals surface area contributed by atoms with Gasteiger partial charge in [-0.05, 0) is 49.4 Å². The highest BCUT2D eigenvalue weighted by Crippen LogP contribution is 2.45. The van der Waals surface area contributed by atoms with E-state index < -0.39 is 97.5 Å². The van der Waals surface area contributed by atoms with Crippen LogP contribution in [0, 0.1) is 23.7 Å². The number of aliphatic hydroxyl groups is 1. The Kier molecular flexibility index (Phi) is 66.8. The van der Waals surface area contributed by atoms with Gasteiger partial charge in [-0.15, -0.1) is 0 Å². The summed E-state index contributed by atoms with van der Waals surface area (Å²) in [4.78, 5) is 72.8. The molecule has 0 bridgehead atoms. The highest BCUT2D eigenvalue weighted by atomic mass is 31.2. The topological polar surface area (TPSA) is 237 Å². The number of carbonyl (C=O) groups excluding carboxylic acids is 4. The first-order valence-electron chi connectivity index (χ1n) is 40.7. The zero-order valence-corrected chi connectivity index (χ0v) is 66.2. The maximum Gasteiger partial charge on any atom is 0.472 e. The summed E-state index contributed by atoms with van der Waals surface area (Å²) < 4.78 is 68.5. The van der Waals surface area contributed by atoms with E-state index in [1.165, 1.54) is 199 Å². The molecule has 0 amide bonds. The summed E-state index contributed by atoms with van der Waals surface area (Å²) in [6, 6.07) is 0. The molecule has 0 heterocycles. The summed E-state index contributed by atoms with van der Waals surface area (Å²) in [7, 11) is -9.91. The number of aliphatic hydroxyl groups excluding tert-OH is 1. The summed E-state index contributed by atoms with van der Waals surface area (Å²) in [6.45, 7) is 14.1. The number of phosphoric ester groups is 2. The van der Waals surface area contributed by atoms with Gasteiger partial charge in [0.1, 0.15) is 19.3 Å². The number of hydrogen-bond acceptors (Lipinski definition) is 15. The van der Waals surface area contributed by atoms with Crippen LogP contribution < -0.4 is 0 Å². The maximum absolute atomic E-state index is 13.1. The summed E-state index contributed by atoms with van der Waals surface area (Å²) >= 11 is 0. The van der Waals surface area contributed by atoms with E-state index >= 15 is 0 Å². The van der Waals surface area contributed by atoms with Gasteiger partial charge in [0.15, 0.2) is 12.2 Å². The lowest BCUT2D eigenvalue weighted by Gasteiger charge is -2.21. The zero-order valence-electron chi connectivity index (χ0n) is 64.4. The first-order chi connectivity index (χ1) is 47.1. The Morgan fingerprint density at radius 1 is 0.255 bits per heavy atom. The van der Waals surface area contributed by atoms with Gasteiger partial charge in [0, 0.05) is 25.7 Å². The van der Waals surface area contributed by atoms with Crippen LogP contribution in [0.3, 0.4) is 0 Å². The first-order valence-corrected chi connectivity index (χ1v) is 43.7. The Balaban J connectivity index is 5.12. The Hall–Kier alpha value is -1.94. The molecule has 3 N–H and O–H groups in total. The van der Waals surface area contributed by atoms with E-state index in [2.05, 4.69) is 55.4 Å². The molecule has 98 heavy (non-hydrogen) atoms. The third-order valence-electron chi connectivity index (χ3n) is 18.3. The molecule has 0 aliphatic carbocycles. The zero-order chi connectivity index (χ0) is 72.4. The number of rotatable bonds is 76. The van der Waals surface area contributed by atoms with Gasteiger partial charge in [-0.3, -0.25) is 37.3 Å². The van der Waals surface area contributed by atoms with Crippen LogP contribution in [-0.4, -0.2) is 96.7 Å². The molecule has 0 spiro atoms. The third-order valence-corrected chi connectivity index (χ3v) is 20.2. The Labute approximate surface area is 600 Å². The molecule has 0 radical (unpaired) electrons. The summed E-state index contributed by atoms with van der Waals surface area (Å²) in [5, 5.41) is 10.6. The molecule has 0 rings (SSSR count). The molecular weight excluding hydrogens is 1280 g/mol. The van der Waals surface area contributed by atoms with E-state index in [9.17, 15) is 43.2 Å². The van der Waals surface area contributed by atoms with Crippen molar-refractivity contribution in [1.82, 2.24) is 0 Å². The van der Waals surface area contributed by atoms with Crippen LogP contribution >= 0.6 is 15.6 Å². The van der Waals surface area contributed by atoms with Crippen molar-refractivity contribution in [2.24, 2.45) is 23.7 Å². The van der Waals surface area contributed by atoms with Gasteiger partial charge in [0.25, 0.3) is 0 Å². The average Bonchev–Trinajstić information content (AvgIpc) is 1.32. The number of esters is 4. The highest BCUT2D eigenvalue weighted by molar-refractivity contribution is 7.47. The predicted molar refractivity (Wildman–Crippen MR) is 400 cm³/mol. The SMILES string of the molecule is CC(C)CCCCCCCCCCCCCCCCCCCCC(=O)O[C@H](COC(=O)CCCCCCCCCC(C)C)COP(=O)(O)OCC(O)COP(=O)(O)OC[C@@H](COC(=O)CCCCCCCCCCCCCCCCCC(C)C)OC(=O)CCCCCCCCC(C)C. The molecule has 582 valence electrons. The number of ether oxygens (including phenoxy) is 4. The molecule has 0 saturated carbocycles. The van der Waals surface area contributed by atoms with Gasteiger partial charge in [0.2, 0.25) is 0 Å². The van der Waals surface area contributed by atoms with Crippen LogP contribution in [0.1, 0.15) is 402 Å². The fraction of sp³-hybridized carbons (Fsp3) is 0.949. The second-order valence-corrected chi connectivity index (χ2v) is 33.3. The van der Waals surface area contributed by atoms with Gasteiger partial charge in [-0.25, -0.2) is 9.13 Å². The van der Waals surface area contributed by atoms with E-state index in [0.29, 0.717) is 37.5 Å². The van der Waals surface area contributed by atoms with Crippen LogP contribution in [0.15, 0.2) is 0 Å². The van der Waals surface area contributed by atoms with Gasteiger partial charge >= 0.3 is 39.5 Å². The molecule has 17 nitrogen and oxygen atoms in total. The number of phosphoric acid groups is 2. The standard InChI is InChI=1S/C79H154O17P2/c1-69(2)55-47-39-31-26-22-18-14-11-9-10-12-16-21-25-29-35-45-53-61-78(83)95-74(65-90-77(82)60-52-44-36-30-33-41-49-57-71(5)6)67-93-97(85,86)91-63-73(80)64-92-98(87,88)94-68-75(96-79(84)62-54-46-38-37-42-50-58-72(7)8)66-89-76(81)59-51-43-34-28-24-20-17-13-15-19-23-27-32-40-48-56-70(3)4/h69-75,80H,9-68H2,1-8H3,(H,85,86)(H,87,88)/t73?,74-,75-/m1/s1. The van der Waals surface area contributed by atoms with Crippen molar-refractivity contribution in [3.63, 3.8) is 0 Å². The van der Waals surface area contributed by atoms with Crippen molar-refractivity contribution in [2.75, 3.05) is 39.6 Å². The maximum atomic E-state index is 13.1. The molecule has 0 fully saturated rings. The Morgan fingerprint density at radius 2 is 0.429 bits per heavy atom. The summed E-state index contributed by atoms with van der Waals surface area (Å²) in [6.07, 6.45) is 54.6. The van der Waals surface area contributed by atoms with Crippen molar-refractivity contribution >= 4 is 39.5 Å². The third kappa shape index (κ3) is 72.4. The van der Waals surface area contributed by atoms with Crippen LogP contribution in [-0.2, 0) is 65.4 Å². The van der Waals surface area contributed by atoms with Crippen molar-refractivity contribution in [3.05, 3.63) is 0 Å². The van der Waals surface area contributed by atoms with E-state index in [1.54, 1.807) is 0 Å². The lowest BCUT2D eigenvalue weighted by molar-refractivity contribution is -0.161. The van der Waals surface area contributed by atoms with Crippen LogP contribution in [0.25, 0.3) is 0 Å². The summed E-state index contributed by atoms with van der Waals surface area (Å²) in [5.41, 5.74) is 0. The van der Waals surface area contributed by atoms with E-state index in [-0.39, 0.29) is 25.7 Å². The van der Waals surface area contributed by atoms with Gasteiger partial charge in [-0.2, -0.15) is 0 Å². The van der Waals surface area contributed by atoms with Crippen LogP contribution in [0.5, 0.6) is 0 Å². The minimum Gasteiger partial charge on any atom is -0.462 e. The van der Waals surface area contributed by atoms with E-state index in [0.717, 1.165) is 108 Å². The highest BCUT2D eigenvalue weighted by Gasteiger charge is 2.30. The second-order valence-electron chi connectivity index (χ2n) is 30.4. The van der Waals surface area contributed by atoms with Crippen molar-refractivity contribution in [1.29, 1.82) is 0 Å². The normalized spacial score (nSPS) is 14.1. The van der Waals surface area contributed by atoms with Crippen molar-refractivity contribution in [2.45, 2.75) is 420 Å². The molecule has 3 unspecified atom stereocenters. The second kappa shape index (κ2) is 68.2. The average molecular weight is 1440 g/mol. The number of carbonyl (C=O) groups is 4.